The van der Waals surface area contributed by atoms with E-state index in [9.17, 15) is 4.79 Å². The van der Waals surface area contributed by atoms with E-state index in [-0.39, 0.29) is 5.91 Å². The van der Waals surface area contributed by atoms with Gasteiger partial charge >= 0.3 is 0 Å². The first-order valence-corrected chi connectivity index (χ1v) is 6.65. The Balaban J connectivity index is 1.89. The monoisotopic (exact) mass is 263 g/mol. The highest BCUT2D eigenvalue weighted by molar-refractivity contribution is 5.92. The van der Waals surface area contributed by atoms with Crippen LogP contribution in [-0.4, -0.2) is 37.6 Å². The normalized spacial score (nSPS) is 16.1. The molecule has 0 aliphatic carbocycles. The predicted molar refractivity (Wildman–Crippen MR) is 76.3 cm³/mol. The minimum Gasteiger partial charge on any atom is -0.495 e. The number of likely N-dealkylation sites (tertiary alicyclic amines) is 1. The smallest absolute Gasteiger partial charge is 0.238 e. The van der Waals surface area contributed by atoms with E-state index in [1.54, 1.807) is 25.3 Å². The van der Waals surface area contributed by atoms with Gasteiger partial charge in [0.15, 0.2) is 0 Å². The van der Waals surface area contributed by atoms with Crippen molar-refractivity contribution in [2.24, 2.45) is 0 Å². The average Bonchev–Trinajstić information content (AvgIpc) is 2.40. The van der Waals surface area contributed by atoms with Gasteiger partial charge in [-0.3, -0.25) is 9.69 Å². The van der Waals surface area contributed by atoms with E-state index in [1.807, 2.05) is 0 Å². The van der Waals surface area contributed by atoms with Crippen LogP contribution >= 0.6 is 0 Å². The maximum Gasteiger partial charge on any atom is 0.238 e. The number of amides is 1. The van der Waals surface area contributed by atoms with Crippen molar-refractivity contribution in [3.05, 3.63) is 18.2 Å². The van der Waals surface area contributed by atoms with Gasteiger partial charge in [-0.05, 0) is 44.1 Å². The standard InChI is InChI=1S/C14H21N3O2/c1-19-13-6-5-11(9-12(13)15)16-14(18)10-17-7-3-2-4-8-17/h5-6,9H,2-4,7-8,10,15H2,1H3,(H,16,18). The van der Waals surface area contributed by atoms with Crippen LogP contribution in [0.2, 0.25) is 0 Å². The van der Waals surface area contributed by atoms with Crippen molar-refractivity contribution in [2.75, 3.05) is 37.8 Å². The lowest BCUT2D eigenvalue weighted by Crippen LogP contribution is -2.36. The van der Waals surface area contributed by atoms with Gasteiger partial charge in [0.05, 0.1) is 19.3 Å². The molecule has 1 amide bonds. The van der Waals surface area contributed by atoms with Gasteiger partial charge in [0, 0.05) is 5.69 Å². The number of rotatable bonds is 4. The van der Waals surface area contributed by atoms with Gasteiger partial charge < -0.3 is 15.8 Å². The van der Waals surface area contributed by atoms with Gasteiger partial charge in [0.25, 0.3) is 0 Å². The minimum absolute atomic E-state index is 0.00599. The molecule has 104 valence electrons. The molecule has 0 unspecified atom stereocenters. The highest BCUT2D eigenvalue weighted by Crippen LogP contribution is 2.24. The zero-order valence-electron chi connectivity index (χ0n) is 11.3. The topological polar surface area (TPSA) is 67.6 Å². The number of nitrogens with zero attached hydrogens (tertiary/aromatic N) is 1. The van der Waals surface area contributed by atoms with Crippen molar-refractivity contribution in [3.8, 4) is 5.75 Å². The Hall–Kier alpha value is -1.75. The minimum atomic E-state index is 0.00599. The zero-order valence-corrected chi connectivity index (χ0v) is 11.3. The van der Waals surface area contributed by atoms with Gasteiger partial charge in [-0.15, -0.1) is 0 Å². The van der Waals surface area contributed by atoms with Crippen molar-refractivity contribution in [1.82, 2.24) is 4.90 Å². The van der Waals surface area contributed by atoms with Crippen LogP contribution in [0.5, 0.6) is 5.75 Å². The molecule has 0 aromatic heterocycles. The summed E-state index contributed by atoms with van der Waals surface area (Å²) in [7, 11) is 1.57. The molecule has 0 bridgehead atoms. The molecule has 2 rings (SSSR count). The van der Waals surface area contributed by atoms with Crippen LogP contribution in [0, 0.1) is 0 Å². The Morgan fingerprint density at radius 3 is 2.74 bits per heavy atom. The van der Waals surface area contributed by atoms with Crippen molar-refractivity contribution in [1.29, 1.82) is 0 Å². The first-order chi connectivity index (χ1) is 9.19. The average molecular weight is 263 g/mol. The third kappa shape index (κ3) is 3.86. The molecule has 3 N–H and O–H groups in total. The lowest BCUT2D eigenvalue weighted by atomic mass is 10.1. The number of ether oxygens (including phenoxy) is 1. The zero-order chi connectivity index (χ0) is 13.7. The second-order valence-corrected chi connectivity index (χ2v) is 4.84. The molecule has 0 radical (unpaired) electrons. The van der Waals surface area contributed by atoms with Crippen molar-refractivity contribution in [3.63, 3.8) is 0 Å². The number of carbonyl (C=O) groups excluding carboxylic acids is 1. The number of hydrogen-bond donors (Lipinski definition) is 2. The molecule has 1 aliphatic rings. The van der Waals surface area contributed by atoms with Crippen molar-refractivity contribution in [2.45, 2.75) is 19.3 Å². The van der Waals surface area contributed by atoms with Gasteiger partial charge in [-0.2, -0.15) is 0 Å². The highest BCUT2D eigenvalue weighted by atomic mass is 16.5. The molecule has 1 aromatic rings. The Bertz CT molecular complexity index is 442. The van der Waals surface area contributed by atoms with Gasteiger partial charge in [-0.1, -0.05) is 6.42 Å². The summed E-state index contributed by atoms with van der Waals surface area (Å²) in [6.07, 6.45) is 3.64. The van der Waals surface area contributed by atoms with Crippen LogP contribution in [0.3, 0.4) is 0 Å². The van der Waals surface area contributed by atoms with E-state index in [0.717, 1.165) is 13.1 Å². The number of piperidine rings is 1. The fourth-order valence-corrected chi connectivity index (χ4v) is 2.33. The van der Waals surface area contributed by atoms with Crippen LogP contribution in [0.4, 0.5) is 11.4 Å². The van der Waals surface area contributed by atoms with Crippen LogP contribution in [-0.2, 0) is 4.79 Å². The molecular formula is C14H21N3O2. The molecule has 0 spiro atoms. The third-order valence-electron chi connectivity index (χ3n) is 3.33. The molecule has 0 saturated carbocycles. The maximum atomic E-state index is 11.9. The van der Waals surface area contributed by atoms with Crippen molar-refractivity contribution < 1.29 is 9.53 Å². The van der Waals surface area contributed by atoms with Crippen LogP contribution in [0.15, 0.2) is 18.2 Å². The number of nitrogens with two attached hydrogens (primary N) is 1. The van der Waals surface area contributed by atoms with Crippen LogP contribution in [0.1, 0.15) is 19.3 Å². The van der Waals surface area contributed by atoms with E-state index in [1.165, 1.54) is 19.3 Å². The lowest BCUT2D eigenvalue weighted by Gasteiger charge is -2.25. The van der Waals surface area contributed by atoms with Crippen LogP contribution in [0.25, 0.3) is 0 Å². The van der Waals surface area contributed by atoms with Gasteiger partial charge in [0.1, 0.15) is 5.75 Å². The number of methoxy groups -OCH3 is 1. The number of benzene rings is 1. The van der Waals surface area contributed by atoms with Crippen molar-refractivity contribution >= 4 is 17.3 Å². The maximum absolute atomic E-state index is 11.9. The van der Waals surface area contributed by atoms with E-state index >= 15 is 0 Å². The first-order valence-electron chi connectivity index (χ1n) is 6.65. The Labute approximate surface area is 113 Å². The van der Waals surface area contributed by atoms with E-state index in [0.29, 0.717) is 23.7 Å². The molecule has 1 aromatic carbocycles. The summed E-state index contributed by atoms with van der Waals surface area (Å²) < 4.78 is 5.08. The lowest BCUT2D eigenvalue weighted by molar-refractivity contribution is -0.117. The SMILES string of the molecule is COc1ccc(NC(=O)CN2CCCCC2)cc1N. The summed E-state index contributed by atoms with van der Waals surface area (Å²) in [5.74, 6) is 0.625. The molecule has 1 heterocycles. The number of hydrogen-bond acceptors (Lipinski definition) is 4. The Morgan fingerprint density at radius 2 is 2.11 bits per heavy atom. The first kappa shape index (κ1) is 13.7. The largest absolute Gasteiger partial charge is 0.495 e. The molecule has 1 fully saturated rings. The predicted octanol–water partition coefficient (Wildman–Crippen LogP) is 1.70. The number of nitrogen functional groups attached to an aromatic ring is 1. The van der Waals surface area contributed by atoms with E-state index in [2.05, 4.69) is 10.2 Å². The number of anilines is 2. The summed E-state index contributed by atoms with van der Waals surface area (Å²) in [5.41, 5.74) is 7.04. The quantitative estimate of drug-likeness (QED) is 0.811. The molecule has 1 saturated heterocycles. The van der Waals surface area contributed by atoms with E-state index < -0.39 is 0 Å². The summed E-state index contributed by atoms with van der Waals surface area (Å²) in [6.45, 7) is 2.47. The Kier molecular flexibility index (Phi) is 4.63. The Morgan fingerprint density at radius 1 is 1.37 bits per heavy atom. The van der Waals surface area contributed by atoms with Crippen LogP contribution < -0.4 is 15.8 Å². The summed E-state index contributed by atoms with van der Waals surface area (Å²) in [4.78, 5) is 14.1. The summed E-state index contributed by atoms with van der Waals surface area (Å²) in [5, 5.41) is 2.87. The van der Waals surface area contributed by atoms with E-state index in [4.69, 9.17) is 10.5 Å². The number of nitrogens with one attached hydrogen (secondary N) is 1. The molecule has 0 atom stereocenters. The summed E-state index contributed by atoms with van der Waals surface area (Å²) in [6, 6.07) is 5.27. The molecule has 1 aliphatic heterocycles. The van der Waals surface area contributed by atoms with Gasteiger partial charge in [-0.25, -0.2) is 0 Å². The molecule has 5 nitrogen and oxygen atoms in total. The third-order valence-corrected chi connectivity index (χ3v) is 3.33. The second kappa shape index (κ2) is 6.43. The molecule has 5 heteroatoms. The number of carbonyl (C=O) groups is 1. The fraction of sp³-hybridized carbons (Fsp3) is 0.500. The molecular weight excluding hydrogens is 242 g/mol. The molecule has 19 heavy (non-hydrogen) atoms. The fourth-order valence-electron chi connectivity index (χ4n) is 2.33. The summed E-state index contributed by atoms with van der Waals surface area (Å²) >= 11 is 0. The second-order valence-electron chi connectivity index (χ2n) is 4.84. The highest BCUT2D eigenvalue weighted by Gasteiger charge is 2.14. The van der Waals surface area contributed by atoms with Gasteiger partial charge in [0.2, 0.25) is 5.91 Å².